The highest BCUT2D eigenvalue weighted by atomic mass is 35.5. The molecule has 0 saturated carbocycles. The number of carbonyl (C=O) groups excluding carboxylic acids is 1. The first-order valence-corrected chi connectivity index (χ1v) is 9.35. The van der Waals surface area contributed by atoms with Crippen LogP contribution in [0.2, 0.25) is 10.0 Å². The molecular formula is C22H13Cl2NO4. The van der Waals surface area contributed by atoms with Gasteiger partial charge >= 0.3 is 5.97 Å². The van der Waals surface area contributed by atoms with Gasteiger partial charge in [-0.25, -0.2) is 4.79 Å². The molecule has 0 atom stereocenters. The minimum atomic E-state index is -0.717. The molecule has 4 aromatic rings. The Bertz CT molecular complexity index is 1300. The Morgan fingerprint density at radius 3 is 2.48 bits per heavy atom. The average molecular weight is 426 g/mol. The monoisotopic (exact) mass is 425 g/mol. The van der Waals surface area contributed by atoms with E-state index in [1.165, 1.54) is 30.6 Å². The summed E-state index contributed by atoms with van der Waals surface area (Å²) in [5.74, 6) is -0.907. The molecule has 0 spiro atoms. The lowest BCUT2D eigenvalue weighted by atomic mass is 10.1. The molecule has 144 valence electrons. The van der Waals surface area contributed by atoms with Gasteiger partial charge in [-0.2, -0.15) is 0 Å². The van der Waals surface area contributed by atoms with Gasteiger partial charge in [0.2, 0.25) is 11.2 Å². The van der Waals surface area contributed by atoms with E-state index in [9.17, 15) is 9.59 Å². The van der Waals surface area contributed by atoms with Crippen LogP contribution in [0.25, 0.3) is 22.3 Å². The Balaban J connectivity index is 1.97. The van der Waals surface area contributed by atoms with Crippen LogP contribution in [-0.2, 0) is 0 Å². The van der Waals surface area contributed by atoms with Gasteiger partial charge in [-0.15, -0.1) is 0 Å². The zero-order valence-electron chi connectivity index (χ0n) is 15.1. The normalized spacial score (nSPS) is 10.9. The molecule has 0 aliphatic carbocycles. The summed E-state index contributed by atoms with van der Waals surface area (Å²) in [6.07, 6.45) is 2.91. The highest BCUT2D eigenvalue weighted by Gasteiger charge is 2.23. The molecule has 4 rings (SSSR count). The minimum absolute atomic E-state index is 0.0669. The number of nitrogens with zero attached hydrogens (tertiary/aromatic N) is 1. The molecule has 0 aliphatic rings. The van der Waals surface area contributed by atoms with E-state index in [1.54, 1.807) is 37.3 Å². The SMILES string of the molecule is Cc1cc2oc(-c3ccccc3Cl)c(OC(=O)c3ccncc3)c(=O)c2cc1Cl. The van der Waals surface area contributed by atoms with Gasteiger partial charge in [0.05, 0.1) is 16.0 Å². The minimum Gasteiger partial charge on any atom is -0.452 e. The van der Waals surface area contributed by atoms with E-state index in [4.69, 9.17) is 32.4 Å². The third-order valence-electron chi connectivity index (χ3n) is 4.36. The van der Waals surface area contributed by atoms with E-state index in [-0.39, 0.29) is 22.5 Å². The van der Waals surface area contributed by atoms with Crippen LogP contribution >= 0.6 is 23.2 Å². The lowest BCUT2D eigenvalue weighted by molar-refractivity contribution is 0.0731. The average Bonchev–Trinajstić information content (AvgIpc) is 2.72. The van der Waals surface area contributed by atoms with Gasteiger partial charge in [-0.05, 0) is 48.9 Å². The topological polar surface area (TPSA) is 69.4 Å². The van der Waals surface area contributed by atoms with Crippen molar-refractivity contribution >= 4 is 40.1 Å². The number of carbonyl (C=O) groups is 1. The Kier molecular flexibility index (Phi) is 5.09. The lowest BCUT2D eigenvalue weighted by Gasteiger charge is -2.12. The highest BCUT2D eigenvalue weighted by molar-refractivity contribution is 6.33. The Labute approximate surface area is 175 Å². The van der Waals surface area contributed by atoms with Crippen molar-refractivity contribution in [1.82, 2.24) is 4.98 Å². The molecule has 0 saturated heterocycles. The number of hydrogen-bond acceptors (Lipinski definition) is 5. The first-order valence-electron chi connectivity index (χ1n) is 8.60. The fraction of sp³-hybridized carbons (Fsp3) is 0.0455. The molecule has 5 nitrogen and oxygen atoms in total. The first kappa shape index (κ1) is 19.2. The Morgan fingerprint density at radius 1 is 1.03 bits per heavy atom. The maximum absolute atomic E-state index is 13.2. The predicted molar refractivity (Wildman–Crippen MR) is 112 cm³/mol. The highest BCUT2D eigenvalue weighted by Crippen LogP contribution is 2.36. The van der Waals surface area contributed by atoms with Crippen LogP contribution in [0.4, 0.5) is 0 Å². The van der Waals surface area contributed by atoms with E-state index >= 15 is 0 Å². The van der Waals surface area contributed by atoms with Gasteiger partial charge < -0.3 is 9.15 Å². The summed E-state index contributed by atoms with van der Waals surface area (Å²) >= 11 is 12.5. The molecular weight excluding hydrogens is 413 g/mol. The van der Waals surface area contributed by atoms with Crippen LogP contribution in [0.1, 0.15) is 15.9 Å². The van der Waals surface area contributed by atoms with E-state index < -0.39 is 11.4 Å². The van der Waals surface area contributed by atoms with E-state index in [0.717, 1.165) is 5.56 Å². The number of rotatable bonds is 3. The lowest BCUT2D eigenvalue weighted by Crippen LogP contribution is -2.16. The standard InChI is InChI=1S/C22H13Cl2NO4/c1-12-10-18-15(11-17(12)24)19(26)21(29-22(27)13-6-8-25-9-7-13)20(28-18)14-4-2-3-5-16(14)23/h2-11H,1H3. The number of ether oxygens (including phenoxy) is 1. The van der Waals surface area contributed by atoms with E-state index in [0.29, 0.717) is 21.2 Å². The number of aromatic nitrogens is 1. The van der Waals surface area contributed by atoms with Crippen LogP contribution < -0.4 is 10.2 Å². The van der Waals surface area contributed by atoms with Crippen LogP contribution in [-0.4, -0.2) is 11.0 Å². The molecule has 0 amide bonds. The molecule has 2 aromatic heterocycles. The molecule has 0 aliphatic heterocycles. The molecule has 0 fully saturated rings. The van der Waals surface area contributed by atoms with Crippen LogP contribution in [0.5, 0.6) is 5.75 Å². The number of hydrogen-bond donors (Lipinski definition) is 0. The van der Waals surface area contributed by atoms with Crippen LogP contribution in [0.3, 0.4) is 0 Å². The van der Waals surface area contributed by atoms with Crippen molar-refractivity contribution in [1.29, 1.82) is 0 Å². The second-order valence-electron chi connectivity index (χ2n) is 6.29. The summed E-state index contributed by atoms with van der Waals surface area (Å²) < 4.78 is 11.5. The summed E-state index contributed by atoms with van der Waals surface area (Å²) in [6, 6.07) is 13.0. The molecule has 2 aromatic carbocycles. The van der Waals surface area contributed by atoms with Crippen molar-refractivity contribution in [2.75, 3.05) is 0 Å². The first-order chi connectivity index (χ1) is 14.0. The zero-order valence-corrected chi connectivity index (χ0v) is 16.6. The number of halogens is 2. The maximum Gasteiger partial charge on any atom is 0.343 e. The van der Waals surface area contributed by atoms with Gasteiger partial charge in [-0.1, -0.05) is 35.3 Å². The second-order valence-corrected chi connectivity index (χ2v) is 7.11. The Hall–Kier alpha value is -3.15. The maximum atomic E-state index is 13.2. The van der Waals surface area contributed by atoms with Crippen LogP contribution in [0, 0.1) is 6.92 Å². The van der Waals surface area contributed by atoms with Gasteiger partial charge in [-0.3, -0.25) is 9.78 Å². The Morgan fingerprint density at radius 2 is 1.76 bits per heavy atom. The molecule has 29 heavy (non-hydrogen) atoms. The number of aryl methyl sites for hydroxylation is 1. The van der Waals surface area contributed by atoms with Gasteiger partial charge in [0.1, 0.15) is 5.58 Å². The van der Waals surface area contributed by atoms with Gasteiger partial charge in [0, 0.05) is 23.0 Å². The molecule has 2 heterocycles. The second kappa shape index (κ2) is 7.70. The smallest absolute Gasteiger partial charge is 0.343 e. The van der Waals surface area contributed by atoms with E-state index in [1.807, 2.05) is 0 Å². The fourth-order valence-corrected chi connectivity index (χ4v) is 3.24. The van der Waals surface area contributed by atoms with E-state index in [2.05, 4.69) is 4.98 Å². The van der Waals surface area contributed by atoms with Gasteiger partial charge in [0.25, 0.3) is 0 Å². The number of fused-ring (bicyclic) bond motifs is 1. The largest absolute Gasteiger partial charge is 0.452 e. The summed E-state index contributed by atoms with van der Waals surface area (Å²) in [6.45, 7) is 1.80. The zero-order chi connectivity index (χ0) is 20.5. The van der Waals surface area contributed by atoms with Gasteiger partial charge in [0.15, 0.2) is 5.76 Å². The van der Waals surface area contributed by atoms with Crippen LogP contribution in [0.15, 0.2) is 70.1 Å². The van der Waals surface area contributed by atoms with Crippen molar-refractivity contribution in [2.24, 2.45) is 0 Å². The molecule has 7 heteroatoms. The predicted octanol–water partition coefficient (Wildman–Crippen LogP) is 5.69. The molecule has 0 N–H and O–H groups in total. The summed E-state index contributed by atoms with van der Waals surface area (Å²) in [4.78, 5) is 29.7. The van der Waals surface area contributed by atoms with Crippen molar-refractivity contribution < 1.29 is 13.9 Å². The van der Waals surface area contributed by atoms with Crippen molar-refractivity contribution in [3.63, 3.8) is 0 Å². The summed E-state index contributed by atoms with van der Waals surface area (Å²) in [7, 11) is 0. The number of pyridine rings is 1. The van der Waals surface area contributed by atoms with Crippen molar-refractivity contribution in [3.05, 3.63) is 92.3 Å². The quantitative estimate of drug-likeness (QED) is 0.394. The number of esters is 1. The summed E-state index contributed by atoms with van der Waals surface area (Å²) in [5.41, 5.74) is 1.21. The van der Waals surface area contributed by atoms with Crippen molar-refractivity contribution in [2.45, 2.75) is 6.92 Å². The molecule has 0 unspecified atom stereocenters. The summed E-state index contributed by atoms with van der Waals surface area (Å²) in [5, 5.41) is 0.956. The molecule has 0 bridgehead atoms. The number of benzene rings is 2. The third-order valence-corrected chi connectivity index (χ3v) is 5.10. The molecule has 0 radical (unpaired) electrons. The van der Waals surface area contributed by atoms with Crippen molar-refractivity contribution in [3.8, 4) is 17.1 Å². The third kappa shape index (κ3) is 3.62. The fourth-order valence-electron chi connectivity index (χ4n) is 2.85.